The molecule has 3 heteroatoms. The van der Waals surface area contributed by atoms with E-state index >= 15 is 0 Å². The summed E-state index contributed by atoms with van der Waals surface area (Å²) in [7, 11) is 1.82. The SMILES string of the molecule is Cn1c(CC2CC2)ccc1C(=O)O. The van der Waals surface area contributed by atoms with Gasteiger partial charge in [-0.05, 0) is 37.3 Å². The summed E-state index contributed by atoms with van der Waals surface area (Å²) in [6, 6.07) is 3.60. The topological polar surface area (TPSA) is 42.2 Å². The molecule has 1 aliphatic rings. The van der Waals surface area contributed by atoms with Crippen LogP contribution in [0.3, 0.4) is 0 Å². The van der Waals surface area contributed by atoms with Crippen LogP contribution in [-0.4, -0.2) is 15.6 Å². The zero-order chi connectivity index (χ0) is 9.42. The first-order valence-electron chi connectivity index (χ1n) is 4.56. The van der Waals surface area contributed by atoms with Crippen LogP contribution >= 0.6 is 0 Å². The Labute approximate surface area is 77.0 Å². The molecule has 70 valence electrons. The van der Waals surface area contributed by atoms with Crippen LogP contribution in [0, 0.1) is 5.92 Å². The predicted molar refractivity (Wildman–Crippen MR) is 48.8 cm³/mol. The van der Waals surface area contributed by atoms with Crippen LogP contribution < -0.4 is 0 Å². The Morgan fingerprint density at radius 2 is 2.31 bits per heavy atom. The van der Waals surface area contributed by atoms with Crippen molar-refractivity contribution in [2.24, 2.45) is 13.0 Å². The minimum atomic E-state index is -0.843. The van der Waals surface area contributed by atoms with Gasteiger partial charge in [-0.25, -0.2) is 4.79 Å². The van der Waals surface area contributed by atoms with Gasteiger partial charge in [0.1, 0.15) is 5.69 Å². The highest BCUT2D eigenvalue weighted by molar-refractivity contribution is 5.86. The van der Waals surface area contributed by atoms with Crippen molar-refractivity contribution in [1.29, 1.82) is 0 Å². The average Bonchev–Trinajstić information content (AvgIpc) is 2.78. The number of aromatic nitrogens is 1. The Hall–Kier alpha value is -1.25. The maximum atomic E-state index is 10.7. The van der Waals surface area contributed by atoms with E-state index in [9.17, 15) is 4.79 Å². The molecule has 1 aliphatic carbocycles. The van der Waals surface area contributed by atoms with E-state index < -0.39 is 5.97 Å². The van der Waals surface area contributed by atoms with Crippen molar-refractivity contribution in [2.45, 2.75) is 19.3 Å². The Morgan fingerprint density at radius 3 is 2.77 bits per heavy atom. The summed E-state index contributed by atoms with van der Waals surface area (Å²) in [5, 5.41) is 8.81. The quantitative estimate of drug-likeness (QED) is 0.767. The van der Waals surface area contributed by atoms with Gasteiger partial charge in [-0.2, -0.15) is 0 Å². The molecular weight excluding hydrogens is 166 g/mol. The van der Waals surface area contributed by atoms with E-state index in [2.05, 4.69) is 0 Å². The lowest BCUT2D eigenvalue weighted by molar-refractivity contribution is 0.0686. The predicted octanol–water partition coefficient (Wildman–Crippen LogP) is 1.68. The lowest BCUT2D eigenvalue weighted by Crippen LogP contribution is -2.07. The summed E-state index contributed by atoms with van der Waals surface area (Å²) >= 11 is 0. The second-order valence-electron chi connectivity index (χ2n) is 3.72. The molecule has 0 spiro atoms. The lowest BCUT2D eigenvalue weighted by Gasteiger charge is -2.03. The molecule has 1 aromatic rings. The van der Waals surface area contributed by atoms with Crippen molar-refractivity contribution >= 4 is 5.97 Å². The maximum absolute atomic E-state index is 10.7. The Morgan fingerprint density at radius 1 is 1.62 bits per heavy atom. The van der Waals surface area contributed by atoms with E-state index in [1.165, 1.54) is 12.8 Å². The highest BCUT2D eigenvalue weighted by Crippen LogP contribution is 2.32. The third-order valence-electron chi connectivity index (χ3n) is 2.64. The molecule has 0 radical (unpaired) electrons. The summed E-state index contributed by atoms with van der Waals surface area (Å²) in [5.41, 5.74) is 1.52. The van der Waals surface area contributed by atoms with Gasteiger partial charge >= 0.3 is 5.97 Å². The number of aromatic carboxylic acids is 1. The maximum Gasteiger partial charge on any atom is 0.352 e. The molecule has 0 atom stereocenters. The molecule has 3 nitrogen and oxygen atoms in total. The van der Waals surface area contributed by atoms with Crippen LogP contribution in [0.4, 0.5) is 0 Å². The highest BCUT2D eigenvalue weighted by Gasteiger charge is 2.23. The van der Waals surface area contributed by atoms with Crippen molar-refractivity contribution < 1.29 is 9.90 Å². The van der Waals surface area contributed by atoms with Gasteiger partial charge in [-0.3, -0.25) is 0 Å². The van der Waals surface area contributed by atoms with Crippen LogP contribution in [0.2, 0.25) is 0 Å². The minimum Gasteiger partial charge on any atom is -0.477 e. The largest absolute Gasteiger partial charge is 0.477 e. The van der Waals surface area contributed by atoms with Crippen molar-refractivity contribution in [3.8, 4) is 0 Å². The van der Waals surface area contributed by atoms with Crippen LogP contribution in [-0.2, 0) is 13.5 Å². The third-order valence-corrected chi connectivity index (χ3v) is 2.64. The minimum absolute atomic E-state index is 0.385. The van der Waals surface area contributed by atoms with Crippen molar-refractivity contribution in [2.75, 3.05) is 0 Å². The number of hydrogen-bond donors (Lipinski definition) is 1. The zero-order valence-corrected chi connectivity index (χ0v) is 7.66. The van der Waals surface area contributed by atoms with Crippen LogP contribution in [0.15, 0.2) is 12.1 Å². The fraction of sp³-hybridized carbons (Fsp3) is 0.500. The van der Waals surface area contributed by atoms with Gasteiger partial charge in [-0.15, -0.1) is 0 Å². The van der Waals surface area contributed by atoms with Crippen molar-refractivity contribution in [3.63, 3.8) is 0 Å². The Balaban J connectivity index is 2.21. The number of carboxylic acid groups (broad SMARTS) is 1. The van der Waals surface area contributed by atoms with Gasteiger partial charge in [-0.1, -0.05) is 0 Å². The first-order chi connectivity index (χ1) is 6.18. The highest BCUT2D eigenvalue weighted by atomic mass is 16.4. The second kappa shape index (κ2) is 2.91. The normalized spacial score (nSPS) is 16.1. The van der Waals surface area contributed by atoms with Gasteiger partial charge in [0.15, 0.2) is 0 Å². The van der Waals surface area contributed by atoms with E-state index in [1.807, 2.05) is 13.1 Å². The summed E-state index contributed by atoms with van der Waals surface area (Å²) in [4.78, 5) is 10.7. The van der Waals surface area contributed by atoms with Crippen molar-refractivity contribution in [3.05, 3.63) is 23.5 Å². The van der Waals surface area contributed by atoms with Gasteiger partial charge < -0.3 is 9.67 Å². The molecule has 1 saturated carbocycles. The molecule has 1 heterocycles. The Bertz CT molecular complexity index is 337. The third kappa shape index (κ3) is 1.59. The monoisotopic (exact) mass is 179 g/mol. The number of rotatable bonds is 3. The first-order valence-corrected chi connectivity index (χ1v) is 4.56. The van der Waals surface area contributed by atoms with Crippen LogP contribution in [0.25, 0.3) is 0 Å². The molecule has 0 aliphatic heterocycles. The zero-order valence-electron chi connectivity index (χ0n) is 7.66. The summed E-state index contributed by atoms with van der Waals surface area (Å²) < 4.78 is 1.78. The average molecular weight is 179 g/mol. The molecule has 0 aromatic carbocycles. The fourth-order valence-electron chi connectivity index (χ4n) is 1.59. The molecule has 2 rings (SSSR count). The van der Waals surface area contributed by atoms with E-state index in [0.29, 0.717) is 5.69 Å². The van der Waals surface area contributed by atoms with E-state index in [1.54, 1.807) is 10.6 Å². The Kier molecular flexibility index (Phi) is 1.87. The molecule has 0 unspecified atom stereocenters. The summed E-state index contributed by atoms with van der Waals surface area (Å²) in [6.45, 7) is 0. The first kappa shape index (κ1) is 8.35. The smallest absolute Gasteiger partial charge is 0.352 e. The second-order valence-corrected chi connectivity index (χ2v) is 3.72. The number of carbonyl (C=O) groups is 1. The molecule has 0 bridgehead atoms. The molecule has 1 aromatic heterocycles. The van der Waals surface area contributed by atoms with Gasteiger partial charge in [0.25, 0.3) is 0 Å². The molecule has 1 N–H and O–H groups in total. The fourth-order valence-corrected chi connectivity index (χ4v) is 1.59. The summed E-state index contributed by atoms with van der Waals surface area (Å²) in [6.07, 6.45) is 3.63. The molecule has 0 saturated heterocycles. The standard InChI is InChI=1S/C10H13NO2/c1-11-8(6-7-2-3-7)4-5-9(11)10(12)13/h4-5,7H,2-3,6H2,1H3,(H,12,13). The van der Waals surface area contributed by atoms with E-state index in [4.69, 9.17) is 5.11 Å². The summed E-state index contributed by atoms with van der Waals surface area (Å²) in [5.74, 6) is -0.0419. The number of nitrogens with zero attached hydrogens (tertiary/aromatic N) is 1. The van der Waals surface area contributed by atoms with Crippen LogP contribution in [0.5, 0.6) is 0 Å². The molecule has 13 heavy (non-hydrogen) atoms. The van der Waals surface area contributed by atoms with E-state index in [-0.39, 0.29) is 0 Å². The van der Waals surface area contributed by atoms with Gasteiger partial charge in [0.05, 0.1) is 0 Å². The number of hydrogen-bond acceptors (Lipinski definition) is 1. The molecule has 0 amide bonds. The van der Waals surface area contributed by atoms with Gasteiger partial charge in [0.2, 0.25) is 0 Å². The van der Waals surface area contributed by atoms with Crippen LogP contribution in [0.1, 0.15) is 29.0 Å². The molecule has 1 fully saturated rings. The molecular formula is C10H13NO2. The van der Waals surface area contributed by atoms with E-state index in [0.717, 1.165) is 18.0 Å². The lowest BCUT2D eigenvalue weighted by atomic mass is 10.2. The van der Waals surface area contributed by atoms with Gasteiger partial charge in [0, 0.05) is 12.7 Å². The van der Waals surface area contributed by atoms with Crippen molar-refractivity contribution in [1.82, 2.24) is 4.57 Å². The number of carboxylic acids is 1.